The molecule has 1 rings (SSSR count). The molecule has 0 bridgehead atoms. The van der Waals surface area contributed by atoms with Crippen molar-refractivity contribution in [3.63, 3.8) is 0 Å². The number of quaternary nitrogens is 1. The number of hydrogen-bond donors (Lipinski definition) is 0. The lowest BCUT2D eigenvalue weighted by Gasteiger charge is -2.44. The smallest absolute Gasteiger partial charge is 0.102 e. The van der Waals surface area contributed by atoms with Gasteiger partial charge in [0.15, 0.2) is 0 Å². The number of hydrogen-bond acceptors (Lipinski definition) is 2. The highest BCUT2D eigenvalue weighted by molar-refractivity contribution is 6.13. The molecule has 0 amide bonds. The molecule has 0 spiro atoms. The maximum atomic E-state index is 6.04. The van der Waals surface area contributed by atoms with Gasteiger partial charge < -0.3 is 9.22 Å². The molecule has 3 nitrogen and oxygen atoms in total. The molecule has 0 aromatic heterocycles. The third-order valence-electron chi connectivity index (χ3n) is 3.15. The van der Waals surface area contributed by atoms with Crippen LogP contribution in [0.2, 0.25) is 0 Å². The topological polar surface area (TPSA) is 12.5 Å². The van der Waals surface area contributed by atoms with E-state index in [1.165, 1.54) is 0 Å². The first-order valence-electron chi connectivity index (χ1n) is 5.17. The van der Waals surface area contributed by atoms with Crippen LogP contribution < -0.4 is 0 Å². The Kier molecular flexibility index (Phi) is 3.81. The number of ether oxygens (including phenoxy) is 1. The second kappa shape index (κ2) is 4.35. The summed E-state index contributed by atoms with van der Waals surface area (Å²) in [5.74, 6) is 0. The van der Waals surface area contributed by atoms with Crippen molar-refractivity contribution >= 4 is 11.8 Å². The minimum absolute atomic E-state index is 0.0354. The standard InChI is InChI=1S/C10H22ClN2O/c1-10(2,12(3)11)9-13(4)5-7-14-8-6-13/h5-9H2,1-4H3/q+1. The van der Waals surface area contributed by atoms with Gasteiger partial charge in [-0.05, 0) is 25.6 Å². The summed E-state index contributed by atoms with van der Waals surface area (Å²) >= 11 is 6.04. The second-order valence-corrected chi connectivity index (χ2v) is 5.63. The van der Waals surface area contributed by atoms with E-state index in [0.29, 0.717) is 0 Å². The van der Waals surface area contributed by atoms with Gasteiger partial charge in [-0.2, -0.15) is 0 Å². The summed E-state index contributed by atoms with van der Waals surface area (Å²) in [4.78, 5) is 0. The van der Waals surface area contributed by atoms with Crippen molar-refractivity contribution in [2.24, 2.45) is 0 Å². The summed E-state index contributed by atoms with van der Waals surface area (Å²) in [7, 11) is 4.21. The van der Waals surface area contributed by atoms with Gasteiger partial charge in [0, 0.05) is 7.05 Å². The molecule has 1 aliphatic heterocycles. The Balaban J connectivity index is 2.56. The van der Waals surface area contributed by atoms with Crippen LogP contribution in [0.25, 0.3) is 0 Å². The third kappa shape index (κ3) is 3.09. The third-order valence-corrected chi connectivity index (χ3v) is 3.61. The van der Waals surface area contributed by atoms with E-state index >= 15 is 0 Å². The van der Waals surface area contributed by atoms with Gasteiger partial charge in [-0.1, -0.05) is 0 Å². The molecule has 0 radical (unpaired) electrons. The fourth-order valence-electron chi connectivity index (χ4n) is 1.97. The molecule has 84 valence electrons. The zero-order chi connectivity index (χ0) is 10.8. The normalized spacial score (nSPS) is 22.7. The van der Waals surface area contributed by atoms with E-state index in [1.54, 1.807) is 4.42 Å². The van der Waals surface area contributed by atoms with Gasteiger partial charge in [0.25, 0.3) is 0 Å². The van der Waals surface area contributed by atoms with Crippen LogP contribution in [0.3, 0.4) is 0 Å². The lowest BCUT2D eigenvalue weighted by molar-refractivity contribution is -0.920. The lowest BCUT2D eigenvalue weighted by atomic mass is 10.0. The quantitative estimate of drug-likeness (QED) is 0.527. The predicted octanol–water partition coefficient (Wildman–Crippen LogP) is 1.33. The molecule has 1 fully saturated rings. The fourth-order valence-corrected chi connectivity index (χ4v) is 2.03. The molecule has 0 aromatic carbocycles. The summed E-state index contributed by atoms with van der Waals surface area (Å²) in [6.07, 6.45) is 0. The number of rotatable bonds is 3. The molecule has 0 saturated carbocycles. The van der Waals surface area contributed by atoms with E-state index < -0.39 is 0 Å². The van der Waals surface area contributed by atoms with Crippen molar-refractivity contribution in [1.29, 1.82) is 0 Å². The van der Waals surface area contributed by atoms with Crippen LogP contribution in [0, 0.1) is 0 Å². The Labute approximate surface area is 92.3 Å². The summed E-state index contributed by atoms with van der Waals surface area (Å²) in [6.45, 7) is 9.35. The van der Waals surface area contributed by atoms with Crippen LogP contribution in [0.1, 0.15) is 13.8 Å². The van der Waals surface area contributed by atoms with Crippen LogP contribution in [0.5, 0.6) is 0 Å². The number of likely N-dealkylation sites (N-methyl/N-ethyl adjacent to an activating group) is 2. The molecule has 1 saturated heterocycles. The molecule has 1 aliphatic rings. The number of morpholine rings is 1. The average molecular weight is 222 g/mol. The van der Waals surface area contributed by atoms with Crippen molar-refractivity contribution < 1.29 is 9.22 Å². The number of halogens is 1. The fraction of sp³-hybridized carbons (Fsp3) is 1.00. The molecular weight excluding hydrogens is 200 g/mol. The minimum Gasteiger partial charge on any atom is -0.370 e. The van der Waals surface area contributed by atoms with Gasteiger partial charge in [0.1, 0.15) is 13.1 Å². The van der Waals surface area contributed by atoms with Gasteiger partial charge in [0.2, 0.25) is 0 Å². The molecule has 1 heterocycles. The molecule has 0 N–H and O–H groups in total. The summed E-state index contributed by atoms with van der Waals surface area (Å²) in [5, 5.41) is 0. The Morgan fingerprint density at radius 3 is 2.29 bits per heavy atom. The van der Waals surface area contributed by atoms with E-state index in [9.17, 15) is 0 Å². The molecule has 4 heteroatoms. The molecule has 0 aromatic rings. The second-order valence-electron chi connectivity index (χ2n) is 5.13. The molecule has 0 unspecified atom stereocenters. The first kappa shape index (κ1) is 12.2. The van der Waals surface area contributed by atoms with Crippen molar-refractivity contribution in [2.45, 2.75) is 19.4 Å². The molecular formula is C10H22ClN2O+. The lowest BCUT2D eigenvalue weighted by Crippen LogP contribution is -2.60. The van der Waals surface area contributed by atoms with Crippen LogP contribution in [0.4, 0.5) is 0 Å². The largest absolute Gasteiger partial charge is 0.370 e. The van der Waals surface area contributed by atoms with Crippen LogP contribution in [-0.4, -0.2) is 61.4 Å². The first-order chi connectivity index (χ1) is 6.36. The van der Waals surface area contributed by atoms with E-state index in [4.69, 9.17) is 16.5 Å². The summed E-state index contributed by atoms with van der Waals surface area (Å²) in [5.41, 5.74) is 0.0354. The molecule has 0 aliphatic carbocycles. The van der Waals surface area contributed by atoms with Gasteiger partial charge in [-0.25, -0.2) is 4.42 Å². The Morgan fingerprint density at radius 2 is 1.86 bits per heavy atom. The maximum absolute atomic E-state index is 6.04. The van der Waals surface area contributed by atoms with Crippen LogP contribution in [0.15, 0.2) is 0 Å². The van der Waals surface area contributed by atoms with E-state index in [0.717, 1.165) is 37.3 Å². The number of nitrogens with zero attached hydrogens (tertiary/aromatic N) is 2. The van der Waals surface area contributed by atoms with Crippen molar-refractivity contribution in [1.82, 2.24) is 4.42 Å². The summed E-state index contributed by atoms with van der Waals surface area (Å²) < 4.78 is 8.22. The Morgan fingerprint density at radius 1 is 1.36 bits per heavy atom. The van der Waals surface area contributed by atoms with Crippen molar-refractivity contribution in [3.05, 3.63) is 0 Å². The summed E-state index contributed by atoms with van der Waals surface area (Å²) in [6, 6.07) is 0. The zero-order valence-corrected chi connectivity index (χ0v) is 10.5. The van der Waals surface area contributed by atoms with Gasteiger partial charge >= 0.3 is 0 Å². The van der Waals surface area contributed by atoms with Gasteiger partial charge in [-0.3, -0.25) is 0 Å². The van der Waals surface area contributed by atoms with Crippen LogP contribution in [-0.2, 0) is 4.74 Å². The zero-order valence-electron chi connectivity index (χ0n) is 9.72. The van der Waals surface area contributed by atoms with E-state index in [2.05, 4.69) is 20.9 Å². The van der Waals surface area contributed by atoms with Crippen molar-refractivity contribution in [3.8, 4) is 0 Å². The van der Waals surface area contributed by atoms with E-state index in [-0.39, 0.29) is 5.54 Å². The average Bonchev–Trinajstić information content (AvgIpc) is 2.03. The highest BCUT2D eigenvalue weighted by Crippen LogP contribution is 2.20. The van der Waals surface area contributed by atoms with E-state index in [1.807, 2.05) is 7.05 Å². The minimum atomic E-state index is 0.0354. The van der Waals surface area contributed by atoms with Crippen molar-refractivity contribution in [2.75, 3.05) is 46.9 Å². The predicted molar refractivity (Wildman–Crippen MR) is 59.3 cm³/mol. The maximum Gasteiger partial charge on any atom is 0.102 e. The highest BCUT2D eigenvalue weighted by atomic mass is 35.5. The molecule has 14 heavy (non-hydrogen) atoms. The Hall–Kier alpha value is 0.170. The van der Waals surface area contributed by atoms with Gasteiger partial charge in [-0.15, -0.1) is 0 Å². The first-order valence-corrected chi connectivity index (χ1v) is 5.50. The monoisotopic (exact) mass is 221 g/mol. The highest BCUT2D eigenvalue weighted by Gasteiger charge is 2.35. The SMILES string of the molecule is CN(Cl)C(C)(C)C[N+]1(C)CCOCC1. The van der Waals surface area contributed by atoms with Gasteiger partial charge in [0.05, 0.1) is 32.3 Å². The molecule has 0 atom stereocenters. The van der Waals surface area contributed by atoms with Crippen LogP contribution >= 0.6 is 11.8 Å². The Bertz CT molecular complexity index is 189.